The van der Waals surface area contributed by atoms with Crippen molar-refractivity contribution in [2.45, 2.75) is 22.9 Å². The molecule has 2 aromatic carbocycles. The molecule has 14 heteroatoms. The van der Waals surface area contributed by atoms with Gasteiger partial charge >= 0.3 is 10.4 Å². The summed E-state index contributed by atoms with van der Waals surface area (Å²) in [4.78, 5) is 28.5. The number of carbonyl (C=O) groups excluding carboxylic acids is 1. The highest BCUT2D eigenvalue weighted by atomic mass is 32.3. The molecule has 3 aliphatic rings. The molecule has 4 heterocycles. The van der Waals surface area contributed by atoms with E-state index in [9.17, 15) is 27.0 Å². The van der Waals surface area contributed by atoms with Crippen LogP contribution in [0.1, 0.15) is 33.2 Å². The standard InChI is InChI=1S/C24H19F2N3O7S2/c25-16-6-5-13-15(20(16)26)12-37-18-4-2-1-3-14(18)21(13)29-19-11-35-10-9-27(19)24(31)22-23(36-38(32,33)34)17(30)7-8-28(22)29/h1-8,19,21H,9-12H2,(H,32,33,34)/t19-,21+/m1/s1. The number of hydrogen-bond acceptors (Lipinski definition) is 8. The zero-order valence-corrected chi connectivity index (χ0v) is 21.0. The van der Waals surface area contributed by atoms with E-state index in [1.54, 1.807) is 11.1 Å². The van der Waals surface area contributed by atoms with Crippen molar-refractivity contribution in [3.63, 3.8) is 0 Å². The summed E-state index contributed by atoms with van der Waals surface area (Å²) in [7, 11) is -5.16. The summed E-state index contributed by atoms with van der Waals surface area (Å²) in [6, 6.07) is 9.95. The minimum Gasteiger partial charge on any atom is -0.375 e. The third kappa shape index (κ3) is 3.95. The van der Waals surface area contributed by atoms with Crippen molar-refractivity contribution in [3.05, 3.63) is 92.9 Å². The van der Waals surface area contributed by atoms with E-state index in [1.807, 2.05) is 18.2 Å². The third-order valence-electron chi connectivity index (χ3n) is 6.72. The van der Waals surface area contributed by atoms with Crippen LogP contribution < -0.4 is 14.6 Å². The first-order valence-corrected chi connectivity index (χ1v) is 13.8. The van der Waals surface area contributed by atoms with Crippen LogP contribution >= 0.6 is 11.8 Å². The van der Waals surface area contributed by atoms with Gasteiger partial charge in [0.25, 0.3) is 5.91 Å². The Hall–Kier alpha value is -3.46. The van der Waals surface area contributed by atoms with Crippen molar-refractivity contribution in [3.8, 4) is 5.75 Å². The Bertz CT molecular complexity index is 1650. The first kappa shape index (κ1) is 24.9. The number of rotatable bonds is 3. The Labute approximate surface area is 219 Å². The first-order valence-electron chi connectivity index (χ1n) is 11.4. The van der Waals surface area contributed by atoms with Gasteiger partial charge in [0.05, 0.1) is 19.3 Å². The number of benzene rings is 2. The number of pyridine rings is 1. The summed E-state index contributed by atoms with van der Waals surface area (Å²) in [6.45, 7) is 0.313. The van der Waals surface area contributed by atoms with Gasteiger partial charge in [-0.05, 0) is 23.3 Å². The van der Waals surface area contributed by atoms with Crippen LogP contribution in [-0.4, -0.2) is 54.4 Å². The number of carbonyl (C=O) groups is 1. The highest BCUT2D eigenvalue weighted by molar-refractivity contribution is 7.98. The molecule has 0 unspecified atom stereocenters. The van der Waals surface area contributed by atoms with Gasteiger partial charge in [0.1, 0.15) is 6.17 Å². The van der Waals surface area contributed by atoms with E-state index in [-0.39, 0.29) is 31.1 Å². The lowest BCUT2D eigenvalue weighted by atomic mass is 9.93. The van der Waals surface area contributed by atoms with Crippen molar-refractivity contribution in [2.75, 3.05) is 24.8 Å². The topological polar surface area (TPSA) is 118 Å². The fourth-order valence-electron chi connectivity index (χ4n) is 5.16. The van der Waals surface area contributed by atoms with Gasteiger partial charge in [-0.1, -0.05) is 24.3 Å². The molecule has 0 bridgehead atoms. The molecule has 1 amide bonds. The number of amides is 1. The SMILES string of the molecule is O=C1c2c(OS(=O)(=O)O)c(=O)ccn2N([C@@H]2c3ccccc3SCc3c2ccc(F)c3F)[C@@H]2COCCN12. The third-order valence-corrected chi connectivity index (χ3v) is 8.21. The molecule has 3 aromatic rings. The molecule has 0 radical (unpaired) electrons. The average molecular weight is 564 g/mol. The number of halogens is 2. The molecule has 6 rings (SSSR count). The number of thioether (sulfide) groups is 1. The van der Waals surface area contributed by atoms with Gasteiger partial charge in [-0.2, -0.15) is 8.42 Å². The molecule has 1 fully saturated rings. The number of nitrogens with zero attached hydrogens (tertiary/aromatic N) is 3. The van der Waals surface area contributed by atoms with E-state index in [0.29, 0.717) is 11.1 Å². The predicted molar refractivity (Wildman–Crippen MR) is 131 cm³/mol. The lowest BCUT2D eigenvalue weighted by Crippen LogP contribution is -2.66. The van der Waals surface area contributed by atoms with Crippen LogP contribution in [0.2, 0.25) is 0 Å². The molecule has 0 spiro atoms. The lowest BCUT2D eigenvalue weighted by Gasteiger charge is -2.51. The van der Waals surface area contributed by atoms with Gasteiger partial charge in [-0.15, -0.1) is 11.8 Å². The quantitative estimate of drug-likeness (QED) is 0.480. The highest BCUT2D eigenvalue weighted by Gasteiger charge is 2.46. The second kappa shape index (κ2) is 9.08. The Kier molecular flexibility index (Phi) is 5.94. The summed E-state index contributed by atoms with van der Waals surface area (Å²) in [5, 5.41) is 1.66. The maximum absolute atomic E-state index is 15.2. The number of ether oxygens (including phenoxy) is 1. The Balaban J connectivity index is 1.67. The molecule has 3 aliphatic heterocycles. The monoisotopic (exact) mass is 563 g/mol. The van der Waals surface area contributed by atoms with Crippen molar-refractivity contribution < 1.29 is 35.5 Å². The Morgan fingerprint density at radius 3 is 2.66 bits per heavy atom. The minimum atomic E-state index is -5.16. The van der Waals surface area contributed by atoms with E-state index >= 15 is 4.39 Å². The van der Waals surface area contributed by atoms with Crippen LogP contribution in [0.5, 0.6) is 5.75 Å². The van der Waals surface area contributed by atoms with Crippen LogP contribution in [0.3, 0.4) is 0 Å². The van der Waals surface area contributed by atoms with Gasteiger partial charge < -0.3 is 13.8 Å². The van der Waals surface area contributed by atoms with E-state index in [4.69, 9.17) is 4.74 Å². The average Bonchev–Trinajstić information content (AvgIpc) is 3.05. The first-order chi connectivity index (χ1) is 18.2. The summed E-state index contributed by atoms with van der Waals surface area (Å²) in [5.41, 5.74) is -0.119. The lowest BCUT2D eigenvalue weighted by molar-refractivity contribution is -0.0196. The zero-order chi connectivity index (χ0) is 26.8. The largest absolute Gasteiger partial charge is 0.446 e. The fourth-order valence-corrected chi connectivity index (χ4v) is 6.64. The highest BCUT2D eigenvalue weighted by Crippen LogP contribution is 2.45. The second-order valence-electron chi connectivity index (χ2n) is 8.81. The maximum atomic E-state index is 15.2. The van der Waals surface area contributed by atoms with Crippen LogP contribution in [0, 0.1) is 11.6 Å². The molecule has 0 saturated carbocycles. The van der Waals surface area contributed by atoms with E-state index in [1.165, 1.54) is 33.6 Å². The number of fused-ring (bicyclic) bond motifs is 4. The van der Waals surface area contributed by atoms with E-state index in [0.717, 1.165) is 17.0 Å². The van der Waals surface area contributed by atoms with Crippen molar-refractivity contribution in [1.82, 2.24) is 9.58 Å². The van der Waals surface area contributed by atoms with Gasteiger partial charge in [0, 0.05) is 35.0 Å². The van der Waals surface area contributed by atoms with Crippen LogP contribution in [-0.2, 0) is 20.9 Å². The molecule has 1 N–H and O–H groups in total. The number of aromatic nitrogens is 1. The van der Waals surface area contributed by atoms with Crippen molar-refractivity contribution in [2.24, 2.45) is 0 Å². The molecule has 198 valence electrons. The van der Waals surface area contributed by atoms with Crippen LogP contribution in [0.15, 0.2) is 58.4 Å². The molecular weight excluding hydrogens is 544 g/mol. The van der Waals surface area contributed by atoms with Crippen LogP contribution in [0.25, 0.3) is 0 Å². The number of hydrogen-bond donors (Lipinski definition) is 1. The van der Waals surface area contributed by atoms with Gasteiger partial charge in [-0.3, -0.25) is 23.8 Å². The number of morpholine rings is 1. The maximum Gasteiger partial charge on any atom is 0.446 e. The second-order valence-corrected chi connectivity index (χ2v) is 10.8. The zero-order valence-electron chi connectivity index (χ0n) is 19.4. The molecule has 10 nitrogen and oxygen atoms in total. The summed E-state index contributed by atoms with van der Waals surface area (Å²) < 4.78 is 73.6. The Morgan fingerprint density at radius 1 is 1.08 bits per heavy atom. The van der Waals surface area contributed by atoms with Gasteiger partial charge in [0.2, 0.25) is 11.2 Å². The molecule has 38 heavy (non-hydrogen) atoms. The van der Waals surface area contributed by atoms with Gasteiger partial charge in [0.15, 0.2) is 17.3 Å². The normalized spacial score (nSPS) is 20.7. The van der Waals surface area contributed by atoms with Gasteiger partial charge in [-0.25, -0.2) is 8.78 Å². The minimum absolute atomic E-state index is 0.0383. The smallest absolute Gasteiger partial charge is 0.375 e. The molecular formula is C24H19F2N3O7S2. The van der Waals surface area contributed by atoms with E-state index in [2.05, 4.69) is 4.18 Å². The fraction of sp³-hybridized carbons (Fsp3) is 0.250. The summed E-state index contributed by atoms with van der Waals surface area (Å²) >= 11 is 1.33. The molecule has 0 aliphatic carbocycles. The van der Waals surface area contributed by atoms with Crippen LogP contribution in [0.4, 0.5) is 8.78 Å². The molecule has 1 aromatic heterocycles. The summed E-state index contributed by atoms with van der Waals surface area (Å²) in [6.07, 6.45) is 0.505. The van der Waals surface area contributed by atoms with E-state index < -0.39 is 57.0 Å². The summed E-state index contributed by atoms with van der Waals surface area (Å²) in [5.74, 6) is -3.45. The molecule has 1 saturated heterocycles. The van der Waals surface area contributed by atoms with Crippen molar-refractivity contribution in [1.29, 1.82) is 0 Å². The van der Waals surface area contributed by atoms with Crippen molar-refractivity contribution >= 4 is 28.1 Å². The Morgan fingerprint density at radius 2 is 1.87 bits per heavy atom. The molecule has 2 atom stereocenters. The predicted octanol–water partition coefficient (Wildman–Crippen LogP) is 2.45.